The van der Waals surface area contributed by atoms with E-state index in [9.17, 15) is 4.39 Å². The van der Waals surface area contributed by atoms with E-state index in [2.05, 4.69) is 32.5 Å². The minimum absolute atomic E-state index is 0.0792. The number of aliphatic imine (C=N–C) groups is 1. The van der Waals surface area contributed by atoms with Crippen molar-refractivity contribution >= 4 is 17.3 Å². The summed E-state index contributed by atoms with van der Waals surface area (Å²) in [7, 11) is 1.81. The van der Waals surface area contributed by atoms with Gasteiger partial charge in [0.2, 0.25) is 0 Å². The lowest BCUT2D eigenvalue weighted by molar-refractivity contribution is -0.0605. The highest BCUT2D eigenvalue weighted by atomic mass is 32.1. The van der Waals surface area contributed by atoms with E-state index < -0.39 is 0 Å². The van der Waals surface area contributed by atoms with Crippen molar-refractivity contribution in [1.29, 1.82) is 0 Å². The molecule has 0 bridgehead atoms. The number of aryl methyl sites for hydroxylation is 2. The van der Waals surface area contributed by atoms with E-state index in [-0.39, 0.29) is 18.0 Å². The second-order valence-corrected chi connectivity index (χ2v) is 8.15. The Morgan fingerprint density at radius 2 is 2.11 bits per heavy atom. The van der Waals surface area contributed by atoms with E-state index in [1.165, 1.54) is 17.1 Å². The van der Waals surface area contributed by atoms with Crippen molar-refractivity contribution < 1.29 is 9.13 Å². The average molecular weight is 405 g/mol. The van der Waals surface area contributed by atoms with Crippen molar-refractivity contribution in [1.82, 2.24) is 15.2 Å². The first-order valence-electron chi connectivity index (χ1n) is 9.82. The molecule has 5 nitrogen and oxygen atoms in total. The van der Waals surface area contributed by atoms with E-state index in [1.807, 2.05) is 14.0 Å². The summed E-state index contributed by atoms with van der Waals surface area (Å²) in [5.74, 6) is 0.669. The molecular formula is C21H29FN4OS. The molecule has 2 aromatic rings. The normalized spacial score (nSPS) is 20.4. The van der Waals surface area contributed by atoms with Crippen molar-refractivity contribution in [3.8, 4) is 0 Å². The first kappa shape index (κ1) is 20.7. The van der Waals surface area contributed by atoms with Crippen LogP contribution in [0.3, 0.4) is 0 Å². The molecule has 1 saturated heterocycles. The van der Waals surface area contributed by atoms with Crippen molar-refractivity contribution in [3.05, 3.63) is 51.7 Å². The number of ether oxygens (including phenoxy) is 1. The molecule has 152 valence electrons. The van der Waals surface area contributed by atoms with Gasteiger partial charge in [0.25, 0.3) is 0 Å². The Hall–Kier alpha value is -1.99. The molecule has 1 N–H and O–H groups in total. The third kappa shape index (κ3) is 5.75. The quantitative estimate of drug-likeness (QED) is 0.450. The number of halogens is 1. The first-order valence-corrected chi connectivity index (χ1v) is 10.7. The van der Waals surface area contributed by atoms with Gasteiger partial charge >= 0.3 is 0 Å². The second kappa shape index (κ2) is 9.98. The van der Waals surface area contributed by atoms with Gasteiger partial charge in [-0.15, -0.1) is 11.3 Å². The summed E-state index contributed by atoms with van der Waals surface area (Å²) in [6.45, 7) is 6.47. The molecule has 3 rings (SSSR count). The van der Waals surface area contributed by atoms with Crippen LogP contribution in [0.4, 0.5) is 4.39 Å². The van der Waals surface area contributed by atoms with Gasteiger partial charge in [0.15, 0.2) is 5.96 Å². The maximum atomic E-state index is 13.2. The van der Waals surface area contributed by atoms with Gasteiger partial charge in [-0.25, -0.2) is 9.37 Å². The van der Waals surface area contributed by atoms with Gasteiger partial charge in [0, 0.05) is 31.2 Å². The number of unbranched alkanes of at least 4 members (excludes halogenated alkanes) is 1. The number of rotatable bonds is 6. The molecule has 1 aliphatic heterocycles. The number of thiazole rings is 1. The van der Waals surface area contributed by atoms with Crippen LogP contribution < -0.4 is 5.32 Å². The molecule has 1 fully saturated rings. The van der Waals surface area contributed by atoms with Crippen LogP contribution in [-0.2, 0) is 11.2 Å². The van der Waals surface area contributed by atoms with Crippen LogP contribution in [0.5, 0.6) is 0 Å². The third-order valence-electron chi connectivity index (χ3n) is 4.78. The van der Waals surface area contributed by atoms with Crippen molar-refractivity contribution in [3.63, 3.8) is 0 Å². The minimum Gasteiger partial charge on any atom is -0.367 e. The molecule has 2 atom stereocenters. The van der Waals surface area contributed by atoms with Gasteiger partial charge in [-0.1, -0.05) is 12.1 Å². The molecule has 1 aromatic carbocycles. The van der Waals surface area contributed by atoms with Crippen LogP contribution in [0, 0.1) is 12.7 Å². The lowest BCUT2D eigenvalue weighted by Gasteiger charge is -2.38. The van der Waals surface area contributed by atoms with E-state index in [1.54, 1.807) is 23.5 Å². The molecule has 0 saturated carbocycles. The van der Waals surface area contributed by atoms with Gasteiger partial charge in [0.1, 0.15) is 11.9 Å². The zero-order valence-corrected chi connectivity index (χ0v) is 17.6. The Labute approximate surface area is 170 Å². The third-order valence-corrected chi connectivity index (χ3v) is 5.81. The van der Waals surface area contributed by atoms with Crippen molar-refractivity contribution in [2.24, 2.45) is 4.99 Å². The molecule has 1 aromatic heterocycles. The minimum atomic E-state index is -0.227. The highest BCUT2D eigenvalue weighted by Gasteiger charge is 2.28. The van der Waals surface area contributed by atoms with Crippen LogP contribution in [-0.4, -0.2) is 48.6 Å². The molecule has 2 heterocycles. The Morgan fingerprint density at radius 3 is 2.79 bits per heavy atom. The zero-order valence-electron chi connectivity index (χ0n) is 16.8. The average Bonchev–Trinajstić information content (AvgIpc) is 3.10. The van der Waals surface area contributed by atoms with E-state index >= 15 is 0 Å². The topological polar surface area (TPSA) is 49.8 Å². The van der Waals surface area contributed by atoms with Crippen LogP contribution in [0.2, 0.25) is 0 Å². The van der Waals surface area contributed by atoms with Crippen LogP contribution in [0.25, 0.3) is 0 Å². The van der Waals surface area contributed by atoms with Crippen LogP contribution in [0.15, 0.2) is 34.6 Å². The predicted molar refractivity (Wildman–Crippen MR) is 112 cm³/mol. The molecule has 0 spiro atoms. The molecular weight excluding hydrogens is 375 g/mol. The number of guanidine groups is 1. The second-order valence-electron chi connectivity index (χ2n) is 7.21. The van der Waals surface area contributed by atoms with Crippen molar-refractivity contribution in [2.75, 3.05) is 26.7 Å². The standard InChI is InChI=1S/C21H29FN4OS/c1-15-14-28-20(25-15)6-4-5-11-24-21(23-3)26-12-16(2)27-19(13-26)17-7-9-18(22)10-8-17/h7-10,14,16,19H,4-6,11-13H2,1-3H3,(H,23,24). The molecule has 0 aliphatic carbocycles. The van der Waals surface area contributed by atoms with Crippen LogP contribution in [0.1, 0.15) is 42.1 Å². The lowest BCUT2D eigenvalue weighted by atomic mass is 10.1. The number of hydrogen-bond acceptors (Lipinski definition) is 4. The lowest BCUT2D eigenvalue weighted by Crippen LogP contribution is -2.50. The molecule has 0 radical (unpaired) electrons. The summed E-state index contributed by atoms with van der Waals surface area (Å²) in [6, 6.07) is 6.57. The van der Waals surface area contributed by atoms with E-state index in [4.69, 9.17) is 4.74 Å². The van der Waals surface area contributed by atoms with Gasteiger partial charge < -0.3 is 15.0 Å². The summed E-state index contributed by atoms with van der Waals surface area (Å²) in [6.07, 6.45) is 3.19. The smallest absolute Gasteiger partial charge is 0.193 e. The maximum Gasteiger partial charge on any atom is 0.193 e. The van der Waals surface area contributed by atoms with Crippen LogP contribution >= 0.6 is 11.3 Å². The number of morpholine rings is 1. The number of benzene rings is 1. The monoisotopic (exact) mass is 404 g/mol. The molecule has 28 heavy (non-hydrogen) atoms. The largest absolute Gasteiger partial charge is 0.367 e. The van der Waals surface area contributed by atoms with E-state index in [0.29, 0.717) is 6.54 Å². The van der Waals surface area contributed by atoms with E-state index in [0.717, 1.165) is 49.6 Å². The van der Waals surface area contributed by atoms with Gasteiger partial charge in [-0.2, -0.15) is 0 Å². The van der Waals surface area contributed by atoms with Gasteiger partial charge in [-0.05, 0) is 50.8 Å². The fraction of sp³-hybridized carbons (Fsp3) is 0.524. The summed E-state index contributed by atoms with van der Waals surface area (Å²) in [5, 5.41) is 6.79. The molecule has 7 heteroatoms. The Morgan fingerprint density at radius 1 is 1.32 bits per heavy atom. The molecule has 0 amide bonds. The number of hydrogen-bond donors (Lipinski definition) is 1. The Balaban J connectivity index is 1.49. The number of aromatic nitrogens is 1. The number of nitrogens with zero attached hydrogens (tertiary/aromatic N) is 3. The zero-order chi connectivity index (χ0) is 19.9. The van der Waals surface area contributed by atoms with Gasteiger partial charge in [-0.3, -0.25) is 4.99 Å². The summed E-state index contributed by atoms with van der Waals surface area (Å²) < 4.78 is 19.3. The summed E-state index contributed by atoms with van der Waals surface area (Å²) in [4.78, 5) is 11.2. The first-order chi connectivity index (χ1) is 13.5. The maximum absolute atomic E-state index is 13.2. The fourth-order valence-electron chi connectivity index (χ4n) is 3.44. The van der Waals surface area contributed by atoms with Crippen molar-refractivity contribution in [2.45, 2.75) is 45.3 Å². The highest BCUT2D eigenvalue weighted by Crippen LogP contribution is 2.25. The Kier molecular flexibility index (Phi) is 7.39. The molecule has 2 unspecified atom stereocenters. The molecule has 1 aliphatic rings. The summed E-state index contributed by atoms with van der Waals surface area (Å²) >= 11 is 1.74. The highest BCUT2D eigenvalue weighted by molar-refractivity contribution is 7.09. The summed E-state index contributed by atoms with van der Waals surface area (Å²) in [5.41, 5.74) is 2.10. The number of nitrogens with one attached hydrogen (secondary N) is 1. The van der Waals surface area contributed by atoms with Gasteiger partial charge in [0.05, 0.1) is 17.7 Å². The SMILES string of the molecule is CN=C(NCCCCc1nc(C)cs1)N1CC(C)OC(c2ccc(F)cc2)C1. The predicted octanol–water partition coefficient (Wildman–Crippen LogP) is 3.95. The fourth-order valence-corrected chi connectivity index (χ4v) is 4.26. The Bertz CT molecular complexity index is 777.